The molecule has 1 aromatic heterocycles. The molecule has 0 amide bonds. The SMILES string of the molecule is O=C(CCc1ccccn1)c1ccc(OC2CCCC2)cc1O. The number of ether oxygens (including phenoxy) is 1. The molecule has 23 heavy (non-hydrogen) atoms. The molecular weight excluding hydrogens is 290 g/mol. The summed E-state index contributed by atoms with van der Waals surface area (Å²) in [5.74, 6) is 0.544. The fraction of sp³-hybridized carbons (Fsp3) is 0.368. The largest absolute Gasteiger partial charge is 0.507 e. The van der Waals surface area contributed by atoms with Crippen LogP contribution in [0.3, 0.4) is 0 Å². The summed E-state index contributed by atoms with van der Waals surface area (Å²) in [4.78, 5) is 16.5. The standard InChI is InChI=1S/C19H21NO3/c21-18(11-8-14-5-3-4-12-20-14)17-10-9-16(13-19(17)22)23-15-6-1-2-7-15/h3-5,9-10,12-13,15,22H,1-2,6-8,11H2. The normalized spacial score (nSPS) is 14.8. The highest BCUT2D eigenvalue weighted by molar-refractivity contribution is 5.98. The summed E-state index contributed by atoms with van der Waals surface area (Å²) in [6, 6.07) is 10.6. The Kier molecular flexibility index (Phi) is 4.91. The van der Waals surface area contributed by atoms with Crippen LogP contribution in [0.5, 0.6) is 11.5 Å². The number of phenols is 1. The number of benzene rings is 1. The van der Waals surface area contributed by atoms with Crippen molar-refractivity contribution >= 4 is 5.78 Å². The summed E-state index contributed by atoms with van der Waals surface area (Å²) < 4.78 is 5.84. The Hall–Kier alpha value is -2.36. The van der Waals surface area contributed by atoms with Gasteiger partial charge in [-0.3, -0.25) is 9.78 Å². The van der Waals surface area contributed by atoms with Gasteiger partial charge in [-0.25, -0.2) is 0 Å². The zero-order chi connectivity index (χ0) is 16.1. The molecule has 1 saturated carbocycles. The summed E-state index contributed by atoms with van der Waals surface area (Å²) in [6.45, 7) is 0. The lowest BCUT2D eigenvalue weighted by molar-refractivity contribution is 0.0980. The molecule has 0 atom stereocenters. The Balaban J connectivity index is 1.61. The fourth-order valence-electron chi connectivity index (χ4n) is 2.94. The van der Waals surface area contributed by atoms with Gasteiger partial charge in [0.25, 0.3) is 0 Å². The van der Waals surface area contributed by atoms with E-state index in [1.807, 2.05) is 18.2 Å². The Labute approximate surface area is 136 Å². The highest BCUT2D eigenvalue weighted by Crippen LogP contribution is 2.29. The van der Waals surface area contributed by atoms with Crippen LogP contribution in [0.25, 0.3) is 0 Å². The summed E-state index contributed by atoms with van der Waals surface area (Å²) in [6.07, 6.45) is 7.36. The molecule has 0 aliphatic heterocycles. The minimum absolute atomic E-state index is 0.00785. The highest BCUT2D eigenvalue weighted by Gasteiger charge is 2.18. The van der Waals surface area contributed by atoms with E-state index in [9.17, 15) is 9.90 Å². The Bertz CT molecular complexity index is 664. The van der Waals surface area contributed by atoms with Gasteiger partial charge in [0, 0.05) is 24.4 Å². The van der Waals surface area contributed by atoms with Gasteiger partial charge in [0.1, 0.15) is 11.5 Å². The Morgan fingerprint density at radius 1 is 1.22 bits per heavy atom. The second-order valence-corrected chi connectivity index (χ2v) is 5.95. The summed E-state index contributed by atoms with van der Waals surface area (Å²) >= 11 is 0. The smallest absolute Gasteiger partial charge is 0.166 e. The number of phenolic OH excluding ortho intramolecular Hbond substituents is 1. The van der Waals surface area contributed by atoms with Gasteiger partial charge in [-0.15, -0.1) is 0 Å². The third kappa shape index (κ3) is 4.09. The number of hydrogen-bond acceptors (Lipinski definition) is 4. The number of hydrogen-bond donors (Lipinski definition) is 1. The van der Waals surface area contributed by atoms with Crippen molar-refractivity contribution in [2.75, 3.05) is 0 Å². The number of aromatic hydroxyl groups is 1. The second kappa shape index (κ2) is 7.27. The number of Topliss-reactive ketones (excluding diaryl/α,β-unsaturated/α-hetero) is 1. The third-order valence-corrected chi connectivity index (χ3v) is 4.21. The van der Waals surface area contributed by atoms with E-state index in [0.717, 1.165) is 18.5 Å². The summed E-state index contributed by atoms with van der Waals surface area (Å²) in [5, 5.41) is 10.1. The molecular formula is C19H21NO3. The van der Waals surface area contributed by atoms with Crippen LogP contribution in [-0.2, 0) is 6.42 Å². The molecule has 1 aliphatic rings. The lowest BCUT2D eigenvalue weighted by Crippen LogP contribution is -2.11. The quantitative estimate of drug-likeness (QED) is 0.821. The van der Waals surface area contributed by atoms with E-state index in [1.165, 1.54) is 12.8 Å². The first-order chi connectivity index (χ1) is 11.2. The van der Waals surface area contributed by atoms with E-state index in [0.29, 0.717) is 24.2 Å². The summed E-state index contributed by atoms with van der Waals surface area (Å²) in [5.41, 5.74) is 1.22. The molecule has 1 aromatic carbocycles. The van der Waals surface area contributed by atoms with Crippen LogP contribution in [0.2, 0.25) is 0 Å². The van der Waals surface area contributed by atoms with Crippen molar-refractivity contribution in [2.45, 2.75) is 44.6 Å². The first kappa shape index (κ1) is 15.5. The molecule has 2 aromatic rings. The van der Waals surface area contributed by atoms with Crippen molar-refractivity contribution in [2.24, 2.45) is 0 Å². The molecule has 4 nitrogen and oxygen atoms in total. The number of ketones is 1. The van der Waals surface area contributed by atoms with Gasteiger partial charge < -0.3 is 9.84 Å². The number of aromatic nitrogens is 1. The summed E-state index contributed by atoms with van der Waals surface area (Å²) in [7, 11) is 0. The maximum Gasteiger partial charge on any atom is 0.166 e. The van der Waals surface area contributed by atoms with Gasteiger partial charge in [-0.1, -0.05) is 6.07 Å². The average Bonchev–Trinajstić information content (AvgIpc) is 3.07. The first-order valence-corrected chi connectivity index (χ1v) is 8.15. The van der Waals surface area contributed by atoms with E-state index in [-0.39, 0.29) is 17.6 Å². The van der Waals surface area contributed by atoms with Crippen LogP contribution in [0.4, 0.5) is 0 Å². The van der Waals surface area contributed by atoms with Crippen molar-refractivity contribution in [3.63, 3.8) is 0 Å². The van der Waals surface area contributed by atoms with Crippen molar-refractivity contribution in [1.29, 1.82) is 0 Å². The van der Waals surface area contributed by atoms with Gasteiger partial charge in [0.05, 0.1) is 11.7 Å². The van der Waals surface area contributed by atoms with Crippen molar-refractivity contribution in [3.8, 4) is 11.5 Å². The van der Waals surface area contributed by atoms with Crippen LogP contribution in [0, 0.1) is 0 Å². The number of rotatable bonds is 6. The fourth-order valence-corrected chi connectivity index (χ4v) is 2.94. The van der Waals surface area contributed by atoms with E-state index >= 15 is 0 Å². The van der Waals surface area contributed by atoms with Gasteiger partial charge in [0.2, 0.25) is 0 Å². The molecule has 0 saturated heterocycles. The minimum Gasteiger partial charge on any atom is -0.507 e. The van der Waals surface area contributed by atoms with Gasteiger partial charge in [-0.2, -0.15) is 0 Å². The molecule has 3 rings (SSSR count). The zero-order valence-electron chi connectivity index (χ0n) is 13.1. The van der Waals surface area contributed by atoms with E-state index in [4.69, 9.17) is 4.74 Å². The third-order valence-electron chi connectivity index (χ3n) is 4.21. The van der Waals surface area contributed by atoms with Crippen LogP contribution >= 0.6 is 0 Å². The predicted molar refractivity (Wildman–Crippen MR) is 87.9 cm³/mol. The number of nitrogens with zero attached hydrogens (tertiary/aromatic N) is 1. The van der Waals surface area contributed by atoms with Crippen LogP contribution in [0.1, 0.15) is 48.2 Å². The van der Waals surface area contributed by atoms with E-state index < -0.39 is 0 Å². The molecule has 0 bridgehead atoms. The first-order valence-electron chi connectivity index (χ1n) is 8.15. The maximum atomic E-state index is 12.3. The molecule has 1 heterocycles. The molecule has 4 heteroatoms. The van der Waals surface area contributed by atoms with Crippen molar-refractivity contribution in [3.05, 3.63) is 53.9 Å². The van der Waals surface area contributed by atoms with Crippen molar-refractivity contribution in [1.82, 2.24) is 4.98 Å². The maximum absolute atomic E-state index is 12.3. The van der Waals surface area contributed by atoms with Crippen LogP contribution in [0.15, 0.2) is 42.6 Å². The zero-order valence-corrected chi connectivity index (χ0v) is 13.1. The average molecular weight is 311 g/mol. The van der Waals surface area contributed by atoms with Crippen LogP contribution < -0.4 is 4.74 Å². The lowest BCUT2D eigenvalue weighted by atomic mass is 10.0. The van der Waals surface area contributed by atoms with E-state index in [2.05, 4.69) is 4.98 Å². The molecule has 0 unspecified atom stereocenters. The molecule has 0 spiro atoms. The molecule has 1 N–H and O–H groups in total. The minimum atomic E-state index is -0.0828. The number of carbonyl (C=O) groups excluding carboxylic acids is 1. The van der Waals surface area contributed by atoms with Crippen LogP contribution in [-0.4, -0.2) is 22.0 Å². The highest BCUT2D eigenvalue weighted by atomic mass is 16.5. The van der Waals surface area contributed by atoms with E-state index in [1.54, 1.807) is 24.4 Å². The topological polar surface area (TPSA) is 59.4 Å². The molecule has 0 radical (unpaired) electrons. The molecule has 1 fully saturated rings. The predicted octanol–water partition coefficient (Wildman–Crippen LogP) is 3.92. The Morgan fingerprint density at radius 2 is 2.04 bits per heavy atom. The number of carbonyl (C=O) groups is 1. The van der Waals surface area contributed by atoms with Gasteiger partial charge in [-0.05, 0) is 56.4 Å². The second-order valence-electron chi connectivity index (χ2n) is 5.95. The molecule has 120 valence electrons. The van der Waals surface area contributed by atoms with Gasteiger partial charge >= 0.3 is 0 Å². The Morgan fingerprint density at radius 3 is 2.74 bits per heavy atom. The van der Waals surface area contributed by atoms with Gasteiger partial charge in [0.15, 0.2) is 5.78 Å². The monoisotopic (exact) mass is 311 g/mol. The van der Waals surface area contributed by atoms with Crippen molar-refractivity contribution < 1.29 is 14.6 Å². The number of aryl methyl sites for hydroxylation is 1. The number of pyridine rings is 1. The lowest BCUT2D eigenvalue weighted by Gasteiger charge is -2.14. The molecule has 1 aliphatic carbocycles.